The molecule has 0 saturated heterocycles. The number of aryl methyl sites for hydroxylation is 2. The molecule has 109 heavy (non-hydrogen) atoms. The third kappa shape index (κ3) is 9.88. The molecule has 2 heterocycles. The molecule has 0 amide bonds. The van der Waals surface area contributed by atoms with Crippen LogP contribution < -0.4 is 9.80 Å². The molecule has 0 spiro atoms. The first-order chi connectivity index (χ1) is 52.3. The lowest BCUT2D eigenvalue weighted by Crippen LogP contribution is -2.18. The van der Waals surface area contributed by atoms with Gasteiger partial charge in [-0.05, 0) is 255 Å². The van der Waals surface area contributed by atoms with Crippen molar-refractivity contribution in [1.29, 1.82) is 0 Å². The van der Waals surface area contributed by atoms with Crippen LogP contribution in [0.3, 0.4) is 0 Å². The minimum absolute atomic E-state index is 0.0222. The Hall–Kier alpha value is -11.7. The standard InChI is InChI=1S/C105H90N2O2/c1-60(2)74-24-20-26-83-87-54-67(63-30-36-68(37-31-63)101(5,6)7)55-96(100(87)109-98(74)83)107(72-42-45-79-77-23-17-19-29-89(77)103(10,11)93(79)58-72)73-43-47-81-85-53-66(35-49-91(85)105(14,15)95(81)59-73)65-34-48-90-84(52-65)80-46-41-71(57-94(80)104(90,12)13)106(70-40-44-78-76-22-16-18-28-88(76)102(8,9)92(78)56-70)69-38-32-64(33-39-69)75-25-21-27-82-86-51-61(3)50-62(4)97(86)108-99(75)82/h16-60H,1-15H3. The molecule has 0 aliphatic heterocycles. The zero-order chi connectivity index (χ0) is 74.9. The van der Waals surface area contributed by atoms with Gasteiger partial charge in [0.15, 0.2) is 5.58 Å². The van der Waals surface area contributed by atoms with Crippen molar-refractivity contribution >= 4 is 78.0 Å². The number of anilines is 6. The highest BCUT2D eigenvalue weighted by atomic mass is 16.3. The van der Waals surface area contributed by atoms with E-state index >= 15 is 0 Å². The molecule has 14 aromatic carbocycles. The van der Waals surface area contributed by atoms with E-state index in [1.165, 1.54) is 128 Å². The van der Waals surface area contributed by atoms with Crippen molar-refractivity contribution in [2.24, 2.45) is 0 Å². The summed E-state index contributed by atoms with van der Waals surface area (Å²) in [4.78, 5) is 4.99. The van der Waals surface area contributed by atoms with E-state index in [2.05, 4.69) is 381 Å². The molecule has 532 valence electrons. The summed E-state index contributed by atoms with van der Waals surface area (Å²) < 4.78 is 14.2. The molecule has 4 heteroatoms. The van der Waals surface area contributed by atoms with Crippen molar-refractivity contribution in [2.75, 3.05) is 9.80 Å². The SMILES string of the molecule is Cc1cc(C)c2oc3c(-c4ccc(N(c5ccc6c(c5)C(C)(C)c5ccccc5-6)c5ccc6c(c5)C(C)(C)c5ccc(-c7ccc8c(c7)-c7ccc(N(c9ccc%10c(c9)C(C)(C)c9ccccc9-%10)c9cc(-c%10ccc(C(C)(C)C)cc%10)cc%10c9oc9c(C(C)C)cccc9%10)cc7C8(C)C)cc5-6)cc4)cccc3c2c1. The molecular weight excluding hydrogens is 1320 g/mol. The van der Waals surface area contributed by atoms with Gasteiger partial charge in [0.1, 0.15) is 16.7 Å². The van der Waals surface area contributed by atoms with Crippen molar-refractivity contribution < 1.29 is 8.83 Å². The van der Waals surface area contributed by atoms with Crippen molar-refractivity contribution in [3.05, 3.63) is 334 Å². The second-order valence-corrected chi connectivity index (χ2v) is 35.2. The van der Waals surface area contributed by atoms with Crippen LogP contribution in [0.1, 0.15) is 163 Å². The molecule has 0 atom stereocenters. The second-order valence-electron chi connectivity index (χ2n) is 35.2. The Labute approximate surface area is 641 Å². The van der Waals surface area contributed by atoms with Gasteiger partial charge in [-0.3, -0.25) is 0 Å². The summed E-state index contributed by atoms with van der Waals surface area (Å²) in [5.74, 6) is 0.270. The Morgan fingerprint density at radius 2 is 0.697 bits per heavy atom. The highest BCUT2D eigenvalue weighted by Crippen LogP contribution is 2.59. The third-order valence-electron chi connectivity index (χ3n) is 25.7. The fraction of sp³-hybridized carbons (Fsp3) is 0.200. The molecule has 0 bridgehead atoms. The van der Waals surface area contributed by atoms with Crippen molar-refractivity contribution in [3.63, 3.8) is 0 Å². The van der Waals surface area contributed by atoms with Crippen LogP contribution in [0.4, 0.5) is 34.1 Å². The van der Waals surface area contributed by atoms with Crippen LogP contribution in [0.25, 0.3) is 122 Å². The molecule has 0 radical (unpaired) electrons. The number of rotatable bonds is 10. The largest absolute Gasteiger partial charge is 0.455 e. The Bertz CT molecular complexity index is 6570. The zero-order valence-corrected chi connectivity index (χ0v) is 65.2. The molecule has 0 fully saturated rings. The summed E-state index contributed by atoms with van der Waals surface area (Å²) in [6.07, 6.45) is 0. The number of fused-ring (bicyclic) bond motifs is 18. The van der Waals surface area contributed by atoms with Gasteiger partial charge in [0.25, 0.3) is 0 Å². The Morgan fingerprint density at radius 1 is 0.284 bits per heavy atom. The van der Waals surface area contributed by atoms with Crippen LogP contribution in [0.2, 0.25) is 0 Å². The maximum atomic E-state index is 7.40. The van der Waals surface area contributed by atoms with Gasteiger partial charge in [-0.1, -0.05) is 266 Å². The molecular formula is C105H90N2O2. The lowest BCUT2D eigenvalue weighted by molar-refractivity contribution is 0.590. The lowest BCUT2D eigenvalue weighted by Gasteiger charge is -2.30. The molecule has 0 N–H and O–H groups in total. The van der Waals surface area contributed by atoms with Crippen molar-refractivity contribution in [3.8, 4) is 77.9 Å². The normalized spacial score (nSPS) is 14.9. The number of hydrogen-bond acceptors (Lipinski definition) is 4. The maximum Gasteiger partial charge on any atom is 0.159 e. The Kier molecular flexibility index (Phi) is 14.3. The predicted molar refractivity (Wildman–Crippen MR) is 459 cm³/mol. The van der Waals surface area contributed by atoms with E-state index in [-0.39, 0.29) is 33.0 Å². The molecule has 2 aromatic heterocycles. The van der Waals surface area contributed by atoms with E-state index in [9.17, 15) is 0 Å². The summed E-state index contributed by atoms with van der Waals surface area (Å²) in [6.45, 7) is 34.9. The minimum Gasteiger partial charge on any atom is -0.455 e. The van der Waals surface area contributed by atoms with Gasteiger partial charge in [-0.25, -0.2) is 0 Å². The summed E-state index contributed by atoms with van der Waals surface area (Å²) in [5.41, 5.74) is 42.2. The monoisotopic (exact) mass is 1410 g/mol. The first-order valence-corrected chi connectivity index (χ1v) is 39.1. The van der Waals surface area contributed by atoms with Gasteiger partial charge < -0.3 is 18.6 Å². The average Bonchev–Trinajstić information content (AvgIpc) is 1.58. The number of benzene rings is 14. The third-order valence-corrected chi connectivity index (χ3v) is 25.7. The second kappa shape index (κ2) is 23.4. The zero-order valence-electron chi connectivity index (χ0n) is 65.2. The van der Waals surface area contributed by atoms with Gasteiger partial charge in [-0.15, -0.1) is 0 Å². The van der Waals surface area contributed by atoms with Gasteiger partial charge >= 0.3 is 0 Å². The predicted octanol–water partition coefficient (Wildman–Crippen LogP) is 29.7. The van der Waals surface area contributed by atoms with E-state index in [1.54, 1.807) is 0 Å². The quantitative estimate of drug-likeness (QED) is 0.137. The van der Waals surface area contributed by atoms with Crippen LogP contribution >= 0.6 is 0 Å². The number of furan rings is 2. The number of para-hydroxylation sites is 2. The molecule has 20 rings (SSSR count). The summed E-state index contributed by atoms with van der Waals surface area (Å²) >= 11 is 0. The van der Waals surface area contributed by atoms with Gasteiger partial charge in [0.05, 0.1) is 5.69 Å². The molecule has 4 aliphatic carbocycles. The molecule has 4 aliphatic rings. The Balaban J connectivity index is 0.690. The van der Waals surface area contributed by atoms with E-state index in [0.717, 1.165) is 94.9 Å². The highest BCUT2D eigenvalue weighted by Gasteiger charge is 2.42. The smallest absolute Gasteiger partial charge is 0.159 e. The number of nitrogens with zero attached hydrogens (tertiary/aromatic N) is 2. The average molecular weight is 1410 g/mol. The molecule has 4 nitrogen and oxygen atoms in total. The van der Waals surface area contributed by atoms with E-state index in [1.807, 2.05) is 0 Å². The summed E-state index contributed by atoms with van der Waals surface area (Å²) in [6, 6.07) is 102. The fourth-order valence-corrected chi connectivity index (χ4v) is 19.8. The van der Waals surface area contributed by atoms with Crippen LogP contribution in [-0.4, -0.2) is 0 Å². The van der Waals surface area contributed by atoms with Crippen LogP contribution in [0, 0.1) is 13.8 Å². The van der Waals surface area contributed by atoms with Gasteiger partial charge in [0.2, 0.25) is 0 Å². The van der Waals surface area contributed by atoms with E-state index in [0.29, 0.717) is 0 Å². The summed E-state index contributed by atoms with van der Waals surface area (Å²) in [5, 5.41) is 4.56. The Morgan fingerprint density at radius 3 is 1.21 bits per heavy atom. The lowest BCUT2D eigenvalue weighted by atomic mass is 9.81. The van der Waals surface area contributed by atoms with E-state index < -0.39 is 0 Å². The first-order valence-electron chi connectivity index (χ1n) is 39.1. The van der Waals surface area contributed by atoms with Crippen LogP contribution in [0.5, 0.6) is 0 Å². The van der Waals surface area contributed by atoms with Crippen LogP contribution in [-0.2, 0) is 27.1 Å². The van der Waals surface area contributed by atoms with Crippen LogP contribution in [0.15, 0.2) is 276 Å². The van der Waals surface area contributed by atoms with Crippen molar-refractivity contribution in [1.82, 2.24) is 0 Å². The van der Waals surface area contributed by atoms with Crippen molar-refractivity contribution in [2.45, 2.75) is 137 Å². The van der Waals surface area contributed by atoms with Gasteiger partial charge in [-0.2, -0.15) is 0 Å². The highest BCUT2D eigenvalue weighted by molar-refractivity contribution is 6.14. The molecule has 0 unspecified atom stereocenters. The minimum atomic E-state index is -0.317. The molecule has 0 saturated carbocycles. The maximum absolute atomic E-state index is 7.40. The summed E-state index contributed by atoms with van der Waals surface area (Å²) in [7, 11) is 0. The topological polar surface area (TPSA) is 32.8 Å². The number of hydrogen-bond donors (Lipinski definition) is 0. The van der Waals surface area contributed by atoms with E-state index in [4.69, 9.17) is 8.83 Å². The molecule has 16 aromatic rings. The van der Waals surface area contributed by atoms with Gasteiger partial charge in [0, 0.05) is 77.2 Å². The fourth-order valence-electron chi connectivity index (χ4n) is 19.8. The first kappa shape index (κ1) is 66.7.